The number of piperidine rings is 1. The van der Waals surface area contributed by atoms with Crippen LogP contribution in [-0.4, -0.2) is 42.6 Å². The highest BCUT2D eigenvalue weighted by Crippen LogP contribution is 2.26. The molecule has 4 aromatic rings. The van der Waals surface area contributed by atoms with Gasteiger partial charge in [-0.2, -0.15) is 5.10 Å². The Morgan fingerprint density at radius 2 is 2.00 bits per heavy atom. The summed E-state index contributed by atoms with van der Waals surface area (Å²) in [6, 6.07) is 14.4. The van der Waals surface area contributed by atoms with Crippen LogP contribution in [0.1, 0.15) is 36.0 Å². The molecule has 6 heteroatoms. The number of hydrogen-bond donors (Lipinski definition) is 0. The molecule has 1 atom stereocenters. The van der Waals surface area contributed by atoms with Crippen LogP contribution in [0.15, 0.2) is 61.1 Å². The Morgan fingerprint density at radius 1 is 1.03 bits per heavy atom. The van der Waals surface area contributed by atoms with Crippen molar-refractivity contribution in [3.63, 3.8) is 0 Å². The average Bonchev–Trinajstić information content (AvgIpc) is 3.18. The van der Waals surface area contributed by atoms with Gasteiger partial charge >= 0.3 is 0 Å². The van der Waals surface area contributed by atoms with E-state index in [1.54, 1.807) is 6.20 Å². The Hall–Kier alpha value is -3.12. The monoisotopic (exact) mass is 384 g/mol. The molecule has 0 amide bonds. The molecule has 0 N–H and O–H groups in total. The van der Waals surface area contributed by atoms with E-state index >= 15 is 0 Å². The van der Waals surface area contributed by atoms with Crippen molar-refractivity contribution in [2.75, 3.05) is 13.1 Å². The minimum absolute atomic E-state index is 0.357. The predicted molar refractivity (Wildman–Crippen MR) is 112 cm³/mol. The maximum absolute atomic E-state index is 4.82. The first-order valence-corrected chi connectivity index (χ1v) is 10.2. The summed E-state index contributed by atoms with van der Waals surface area (Å²) < 4.78 is 1.90. The predicted octanol–water partition coefficient (Wildman–Crippen LogP) is 3.87. The largest absolute Gasteiger partial charge is 0.297 e. The van der Waals surface area contributed by atoms with Crippen molar-refractivity contribution in [2.24, 2.45) is 0 Å². The van der Waals surface area contributed by atoms with E-state index in [9.17, 15) is 0 Å². The average molecular weight is 384 g/mol. The molecule has 29 heavy (non-hydrogen) atoms. The summed E-state index contributed by atoms with van der Waals surface area (Å²) in [5, 5.41) is 4.82. The van der Waals surface area contributed by atoms with Gasteiger partial charge in [0.25, 0.3) is 0 Å². The van der Waals surface area contributed by atoms with Gasteiger partial charge in [0.15, 0.2) is 11.5 Å². The number of likely N-dealkylation sites (tertiary alicyclic amines) is 1. The van der Waals surface area contributed by atoms with E-state index in [1.165, 1.54) is 0 Å². The third-order valence-electron chi connectivity index (χ3n) is 5.54. The fraction of sp³-hybridized carbons (Fsp3) is 0.304. The number of rotatable bonds is 4. The van der Waals surface area contributed by atoms with Gasteiger partial charge in [-0.3, -0.25) is 14.9 Å². The van der Waals surface area contributed by atoms with Gasteiger partial charge in [0.1, 0.15) is 0 Å². The highest BCUT2D eigenvalue weighted by molar-refractivity contribution is 5.63. The quantitative estimate of drug-likeness (QED) is 0.534. The molecule has 0 radical (unpaired) electrons. The maximum atomic E-state index is 4.82. The summed E-state index contributed by atoms with van der Waals surface area (Å²) in [5.74, 6) is 1.30. The van der Waals surface area contributed by atoms with E-state index in [0.29, 0.717) is 5.92 Å². The Morgan fingerprint density at radius 3 is 2.86 bits per heavy atom. The molecule has 0 spiro atoms. The zero-order valence-electron chi connectivity index (χ0n) is 16.6. The minimum Gasteiger partial charge on any atom is -0.297 e. The highest BCUT2D eigenvalue weighted by atomic mass is 15.3. The molecule has 5 rings (SSSR count). The number of pyridine rings is 3. The molecule has 0 aromatic carbocycles. The second-order valence-corrected chi connectivity index (χ2v) is 7.78. The Bertz CT molecular complexity index is 1120. The van der Waals surface area contributed by atoms with E-state index in [0.717, 1.165) is 66.5 Å². The lowest BCUT2D eigenvalue weighted by molar-refractivity contribution is 0.194. The van der Waals surface area contributed by atoms with Gasteiger partial charge in [0, 0.05) is 54.4 Å². The molecule has 1 aliphatic rings. The van der Waals surface area contributed by atoms with Crippen molar-refractivity contribution < 1.29 is 0 Å². The van der Waals surface area contributed by atoms with Crippen molar-refractivity contribution in [1.82, 2.24) is 29.5 Å². The molecule has 0 bridgehead atoms. The Kier molecular flexibility index (Phi) is 4.77. The summed E-state index contributed by atoms with van der Waals surface area (Å²) in [5.41, 5.74) is 5.28. The molecule has 0 saturated carbocycles. The number of fused-ring (bicyclic) bond motifs is 1. The molecule has 146 valence electrons. The first-order valence-electron chi connectivity index (χ1n) is 10.2. The summed E-state index contributed by atoms with van der Waals surface area (Å²) in [6.07, 6.45) is 7.99. The smallest absolute Gasteiger partial charge is 0.156 e. The van der Waals surface area contributed by atoms with Crippen molar-refractivity contribution in [3.8, 4) is 11.1 Å². The van der Waals surface area contributed by atoms with E-state index in [-0.39, 0.29) is 0 Å². The number of hydrogen-bond acceptors (Lipinski definition) is 5. The maximum Gasteiger partial charge on any atom is 0.156 e. The molecule has 1 fully saturated rings. The molecule has 5 heterocycles. The van der Waals surface area contributed by atoms with Gasteiger partial charge < -0.3 is 0 Å². The topological polar surface area (TPSA) is 59.2 Å². The van der Waals surface area contributed by atoms with Gasteiger partial charge in [-0.15, -0.1) is 0 Å². The molecule has 0 aliphatic carbocycles. The summed E-state index contributed by atoms with van der Waals surface area (Å²) >= 11 is 0. The molecule has 4 aromatic heterocycles. The van der Waals surface area contributed by atoms with Gasteiger partial charge in [-0.05, 0) is 56.6 Å². The van der Waals surface area contributed by atoms with Crippen LogP contribution in [0.4, 0.5) is 0 Å². The zero-order chi connectivity index (χ0) is 19.6. The number of nitrogens with zero attached hydrogens (tertiary/aromatic N) is 6. The third-order valence-corrected chi connectivity index (χ3v) is 5.54. The second-order valence-electron chi connectivity index (χ2n) is 7.78. The van der Waals surface area contributed by atoms with Crippen LogP contribution in [-0.2, 0) is 6.54 Å². The summed E-state index contributed by atoms with van der Waals surface area (Å²) in [4.78, 5) is 16.2. The van der Waals surface area contributed by atoms with Crippen LogP contribution in [0.3, 0.4) is 0 Å². The molecular formula is C23H24N6. The lowest BCUT2D eigenvalue weighted by Crippen LogP contribution is -2.34. The standard InChI is InChI=1S/C23H24N6/c1-17-5-2-8-21(25-17)16-28-12-4-7-20(14-28)23-26-22-10-9-19(15-29(22)27-23)18-6-3-11-24-13-18/h2-3,5-6,8-11,13,15,20H,4,7,12,14,16H2,1H3. The fourth-order valence-corrected chi connectivity index (χ4v) is 4.10. The highest BCUT2D eigenvalue weighted by Gasteiger charge is 2.25. The van der Waals surface area contributed by atoms with Crippen molar-refractivity contribution in [2.45, 2.75) is 32.2 Å². The molecule has 1 saturated heterocycles. The van der Waals surface area contributed by atoms with Gasteiger partial charge in [0.05, 0.1) is 5.69 Å². The molecule has 6 nitrogen and oxygen atoms in total. The fourth-order valence-electron chi connectivity index (χ4n) is 4.10. The van der Waals surface area contributed by atoms with Crippen molar-refractivity contribution in [1.29, 1.82) is 0 Å². The number of aromatic nitrogens is 5. The lowest BCUT2D eigenvalue weighted by Gasteiger charge is -2.31. The van der Waals surface area contributed by atoms with Crippen LogP contribution in [0.5, 0.6) is 0 Å². The van der Waals surface area contributed by atoms with Crippen LogP contribution >= 0.6 is 0 Å². The Balaban J connectivity index is 1.35. The van der Waals surface area contributed by atoms with Crippen molar-refractivity contribution >= 4 is 5.65 Å². The normalized spacial score (nSPS) is 17.6. The Labute approximate surface area is 170 Å². The van der Waals surface area contributed by atoms with Gasteiger partial charge in [0.2, 0.25) is 0 Å². The summed E-state index contributed by atoms with van der Waals surface area (Å²) in [7, 11) is 0. The first-order chi connectivity index (χ1) is 14.2. The minimum atomic E-state index is 0.357. The SMILES string of the molecule is Cc1cccc(CN2CCCC(c3nc4ccc(-c5cccnc5)cn4n3)C2)n1. The van der Waals surface area contributed by atoms with Crippen LogP contribution in [0, 0.1) is 6.92 Å². The van der Waals surface area contributed by atoms with E-state index < -0.39 is 0 Å². The van der Waals surface area contributed by atoms with Crippen LogP contribution in [0.2, 0.25) is 0 Å². The zero-order valence-corrected chi connectivity index (χ0v) is 16.6. The van der Waals surface area contributed by atoms with Crippen LogP contribution in [0.25, 0.3) is 16.8 Å². The van der Waals surface area contributed by atoms with Gasteiger partial charge in [-0.25, -0.2) is 9.50 Å². The molecular weight excluding hydrogens is 360 g/mol. The molecule has 1 unspecified atom stereocenters. The lowest BCUT2D eigenvalue weighted by atomic mass is 9.97. The van der Waals surface area contributed by atoms with Crippen LogP contribution < -0.4 is 0 Å². The van der Waals surface area contributed by atoms with E-state index in [4.69, 9.17) is 10.1 Å². The third kappa shape index (κ3) is 3.89. The van der Waals surface area contributed by atoms with E-state index in [2.05, 4.69) is 39.1 Å². The first kappa shape index (κ1) is 17.9. The number of aryl methyl sites for hydroxylation is 1. The summed E-state index contributed by atoms with van der Waals surface area (Å²) in [6.45, 7) is 5.01. The van der Waals surface area contributed by atoms with Crippen molar-refractivity contribution in [3.05, 3.63) is 78.3 Å². The second kappa shape index (κ2) is 7.72. The van der Waals surface area contributed by atoms with E-state index in [1.807, 2.05) is 42.0 Å². The molecule has 1 aliphatic heterocycles. The van der Waals surface area contributed by atoms with Gasteiger partial charge in [-0.1, -0.05) is 12.1 Å².